The molecule has 7 heteroatoms. The van der Waals surface area contributed by atoms with Crippen molar-refractivity contribution in [2.24, 2.45) is 0 Å². The number of fused-ring (bicyclic) bond motifs is 1. The van der Waals surface area contributed by atoms with Gasteiger partial charge in [0, 0.05) is 17.3 Å². The van der Waals surface area contributed by atoms with Gasteiger partial charge in [-0.3, -0.25) is 4.79 Å². The summed E-state index contributed by atoms with van der Waals surface area (Å²) in [6.45, 7) is 0. The van der Waals surface area contributed by atoms with E-state index in [1.54, 1.807) is 24.3 Å². The lowest BCUT2D eigenvalue weighted by atomic mass is 10.1. The molecule has 0 radical (unpaired) electrons. The highest BCUT2D eigenvalue weighted by molar-refractivity contribution is 5.92. The smallest absolute Gasteiger partial charge is 0.220 e. The van der Waals surface area contributed by atoms with E-state index in [4.69, 9.17) is 15.9 Å². The first kappa shape index (κ1) is 13.6. The third-order valence-corrected chi connectivity index (χ3v) is 3.32. The molecular weight excluding hydrogens is 288 g/mol. The summed E-state index contributed by atoms with van der Waals surface area (Å²) in [4.78, 5) is 12.3. The lowest BCUT2D eigenvalue weighted by Crippen LogP contribution is -2.10. The molecule has 3 aromatic rings. The minimum absolute atomic E-state index is 0.0852. The van der Waals surface area contributed by atoms with Gasteiger partial charge < -0.3 is 31.2 Å². The van der Waals surface area contributed by atoms with Gasteiger partial charge >= 0.3 is 0 Å². The van der Waals surface area contributed by atoms with E-state index in [0.717, 1.165) is 6.07 Å². The molecule has 0 saturated heterocycles. The maximum atomic E-state index is 12.3. The first-order valence-corrected chi connectivity index (χ1v) is 6.26. The number of benzene rings is 2. The number of phenols is 3. The van der Waals surface area contributed by atoms with Crippen LogP contribution in [-0.2, 0) is 0 Å². The van der Waals surface area contributed by atoms with Gasteiger partial charge in [-0.25, -0.2) is 0 Å². The van der Waals surface area contributed by atoms with Crippen molar-refractivity contribution < 1.29 is 19.7 Å². The standard InChI is InChI=1S/C15H12N2O5/c16-7-3-1-6(2-4-7)15-11(17)13(20)10-9(22-15)5-8(18)12(19)14(10)21/h1-5,18-19,21H,16-17H2. The molecule has 0 saturated carbocycles. The molecule has 0 atom stereocenters. The molecule has 112 valence electrons. The zero-order valence-electron chi connectivity index (χ0n) is 11.2. The monoisotopic (exact) mass is 300 g/mol. The van der Waals surface area contributed by atoms with E-state index >= 15 is 0 Å². The average molecular weight is 300 g/mol. The molecule has 1 heterocycles. The first-order valence-electron chi connectivity index (χ1n) is 6.26. The Kier molecular flexibility index (Phi) is 2.84. The Morgan fingerprint density at radius 1 is 0.955 bits per heavy atom. The van der Waals surface area contributed by atoms with Crippen LogP contribution in [0, 0.1) is 0 Å². The average Bonchev–Trinajstić information content (AvgIpc) is 2.49. The van der Waals surface area contributed by atoms with Crippen molar-refractivity contribution in [3.05, 3.63) is 40.6 Å². The van der Waals surface area contributed by atoms with Crippen LogP contribution in [0.1, 0.15) is 0 Å². The molecule has 22 heavy (non-hydrogen) atoms. The van der Waals surface area contributed by atoms with Gasteiger partial charge in [0.2, 0.25) is 11.2 Å². The van der Waals surface area contributed by atoms with Crippen LogP contribution in [0.15, 0.2) is 39.5 Å². The molecule has 2 aromatic carbocycles. The third kappa shape index (κ3) is 1.87. The zero-order chi connectivity index (χ0) is 16.0. The second-order valence-electron chi connectivity index (χ2n) is 4.76. The zero-order valence-corrected chi connectivity index (χ0v) is 11.2. The van der Waals surface area contributed by atoms with Crippen LogP contribution in [0.25, 0.3) is 22.3 Å². The van der Waals surface area contributed by atoms with Gasteiger partial charge in [-0.1, -0.05) is 0 Å². The number of aromatic hydroxyl groups is 3. The van der Waals surface area contributed by atoms with Crippen molar-refractivity contribution in [2.45, 2.75) is 0 Å². The Morgan fingerprint density at radius 2 is 1.59 bits per heavy atom. The van der Waals surface area contributed by atoms with Crippen LogP contribution in [-0.4, -0.2) is 15.3 Å². The Labute approximate surface area is 123 Å². The molecule has 0 aliphatic carbocycles. The highest BCUT2D eigenvalue weighted by Crippen LogP contribution is 2.41. The summed E-state index contributed by atoms with van der Waals surface area (Å²) in [5.74, 6) is -2.11. The topological polar surface area (TPSA) is 143 Å². The fourth-order valence-electron chi connectivity index (χ4n) is 2.17. The second kappa shape index (κ2) is 4.59. The van der Waals surface area contributed by atoms with E-state index in [1.165, 1.54) is 0 Å². The van der Waals surface area contributed by atoms with Crippen LogP contribution >= 0.6 is 0 Å². The van der Waals surface area contributed by atoms with E-state index in [0.29, 0.717) is 11.3 Å². The summed E-state index contributed by atoms with van der Waals surface area (Å²) >= 11 is 0. The fourth-order valence-corrected chi connectivity index (χ4v) is 2.17. The normalized spacial score (nSPS) is 10.9. The summed E-state index contributed by atoms with van der Waals surface area (Å²) in [6.07, 6.45) is 0. The fraction of sp³-hybridized carbons (Fsp3) is 0. The number of hydrogen-bond donors (Lipinski definition) is 5. The van der Waals surface area contributed by atoms with Crippen molar-refractivity contribution in [1.82, 2.24) is 0 Å². The van der Waals surface area contributed by atoms with Crippen LogP contribution in [0.2, 0.25) is 0 Å². The van der Waals surface area contributed by atoms with Crippen LogP contribution in [0.4, 0.5) is 11.4 Å². The highest BCUT2D eigenvalue weighted by Gasteiger charge is 2.20. The molecule has 0 unspecified atom stereocenters. The van der Waals surface area contributed by atoms with E-state index in [-0.39, 0.29) is 22.4 Å². The van der Waals surface area contributed by atoms with E-state index in [2.05, 4.69) is 0 Å². The van der Waals surface area contributed by atoms with Crippen LogP contribution in [0.3, 0.4) is 0 Å². The Hall–Kier alpha value is -3.35. The van der Waals surface area contributed by atoms with Crippen molar-refractivity contribution in [3.8, 4) is 28.6 Å². The van der Waals surface area contributed by atoms with Gasteiger partial charge in [-0.05, 0) is 24.3 Å². The molecule has 1 aromatic heterocycles. The number of nitrogens with two attached hydrogens (primary N) is 2. The minimum atomic E-state index is -0.806. The lowest BCUT2D eigenvalue weighted by molar-refractivity contribution is 0.370. The molecule has 0 aliphatic heterocycles. The molecule has 3 rings (SSSR count). The third-order valence-electron chi connectivity index (χ3n) is 3.32. The number of anilines is 2. The van der Waals surface area contributed by atoms with E-state index < -0.39 is 22.7 Å². The van der Waals surface area contributed by atoms with E-state index in [1.807, 2.05) is 0 Å². The van der Waals surface area contributed by atoms with Crippen LogP contribution in [0.5, 0.6) is 17.2 Å². The number of nitrogen functional groups attached to an aromatic ring is 2. The van der Waals surface area contributed by atoms with Gasteiger partial charge in [-0.2, -0.15) is 0 Å². The van der Waals surface area contributed by atoms with E-state index in [9.17, 15) is 20.1 Å². The van der Waals surface area contributed by atoms with Crippen molar-refractivity contribution in [3.63, 3.8) is 0 Å². The largest absolute Gasteiger partial charge is 0.504 e. The summed E-state index contributed by atoms with van der Waals surface area (Å²) < 4.78 is 5.52. The summed E-state index contributed by atoms with van der Waals surface area (Å²) in [6, 6.07) is 7.51. The summed E-state index contributed by atoms with van der Waals surface area (Å²) in [7, 11) is 0. The molecule has 7 N–H and O–H groups in total. The maximum Gasteiger partial charge on any atom is 0.220 e. The molecule has 0 fully saturated rings. The summed E-state index contributed by atoms with van der Waals surface area (Å²) in [5, 5.41) is 28.5. The van der Waals surface area contributed by atoms with Gasteiger partial charge in [0.05, 0.1) is 0 Å². The molecule has 0 aliphatic rings. The Balaban J connectivity index is 2.39. The SMILES string of the molecule is Nc1ccc(-c2oc3cc(O)c(O)c(O)c3c(=O)c2N)cc1. The number of rotatable bonds is 1. The van der Waals surface area contributed by atoms with Crippen LogP contribution < -0.4 is 16.9 Å². The maximum absolute atomic E-state index is 12.3. The Morgan fingerprint density at radius 3 is 2.23 bits per heavy atom. The second-order valence-corrected chi connectivity index (χ2v) is 4.76. The predicted octanol–water partition coefficient (Wildman–Crippen LogP) is 1.74. The first-order chi connectivity index (χ1) is 10.4. The Bertz CT molecular complexity index is 945. The molecule has 7 nitrogen and oxygen atoms in total. The molecule has 0 amide bonds. The van der Waals surface area contributed by atoms with Crippen molar-refractivity contribution in [2.75, 3.05) is 11.5 Å². The van der Waals surface area contributed by atoms with Gasteiger partial charge in [0.25, 0.3) is 0 Å². The number of phenolic OH excluding ortho intramolecular Hbond substituents is 3. The van der Waals surface area contributed by atoms with Gasteiger partial charge in [0.1, 0.15) is 16.7 Å². The number of hydrogen-bond acceptors (Lipinski definition) is 7. The van der Waals surface area contributed by atoms with Gasteiger partial charge in [-0.15, -0.1) is 0 Å². The molecular formula is C15H12N2O5. The predicted molar refractivity (Wildman–Crippen MR) is 81.7 cm³/mol. The van der Waals surface area contributed by atoms with Crippen molar-refractivity contribution in [1.29, 1.82) is 0 Å². The van der Waals surface area contributed by atoms with Gasteiger partial charge in [0.15, 0.2) is 17.3 Å². The molecule has 0 bridgehead atoms. The lowest BCUT2D eigenvalue weighted by Gasteiger charge is -2.09. The minimum Gasteiger partial charge on any atom is -0.504 e. The summed E-state index contributed by atoms with van der Waals surface area (Å²) in [5.41, 5.74) is 11.4. The quantitative estimate of drug-likeness (QED) is 0.340. The highest BCUT2D eigenvalue weighted by atomic mass is 16.3. The van der Waals surface area contributed by atoms with Crippen molar-refractivity contribution >= 4 is 22.3 Å². The molecule has 0 spiro atoms.